The number of aliphatic carboxylic acids is 1. The van der Waals surface area contributed by atoms with Gasteiger partial charge in [0.2, 0.25) is 0 Å². The first-order chi connectivity index (χ1) is 10.0. The number of hydrogen-bond donors (Lipinski definition) is 1. The van der Waals surface area contributed by atoms with E-state index in [0.29, 0.717) is 0 Å². The molecule has 1 aliphatic heterocycles. The molecule has 0 saturated carbocycles. The highest BCUT2D eigenvalue weighted by atomic mass is 16.5. The Hall–Kier alpha value is -1.55. The Bertz CT molecular complexity index is 479. The van der Waals surface area contributed by atoms with Crippen LogP contribution >= 0.6 is 0 Å². The average molecular weight is 291 g/mol. The third-order valence-corrected chi connectivity index (χ3v) is 4.18. The smallest absolute Gasteiger partial charge is 0.303 e. The van der Waals surface area contributed by atoms with Crippen molar-refractivity contribution in [3.05, 3.63) is 29.3 Å². The van der Waals surface area contributed by atoms with Crippen LogP contribution in [0.3, 0.4) is 0 Å². The Balaban J connectivity index is 1.73. The van der Waals surface area contributed by atoms with Gasteiger partial charge < -0.3 is 14.7 Å². The molecule has 4 heteroatoms. The number of ether oxygens (including phenoxy) is 1. The van der Waals surface area contributed by atoms with E-state index in [1.165, 1.54) is 11.1 Å². The second-order valence-electron chi connectivity index (χ2n) is 5.90. The molecular formula is C17H25NO3. The summed E-state index contributed by atoms with van der Waals surface area (Å²) >= 11 is 0. The first-order valence-corrected chi connectivity index (χ1v) is 7.72. The molecule has 0 aliphatic carbocycles. The number of piperidine rings is 1. The van der Waals surface area contributed by atoms with Gasteiger partial charge in [0.25, 0.3) is 0 Å². The zero-order valence-corrected chi connectivity index (χ0v) is 13.0. The van der Waals surface area contributed by atoms with Crippen molar-refractivity contribution in [3.8, 4) is 5.75 Å². The number of carboxylic acid groups (broad SMARTS) is 1. The van der Waals surface area contributed by atoms with E-state index >= 15 is 0 Å². The van der Waals surface area contributed by atoms with Gasteiger partial charge in [-0.2, -0.15) is 0 Å². The maximum absolute atomic E-state index is 10.5. The lowest BCUT2D eigenvalue weighted by Crippen LogP contribution is -2.38. The Kier molecular flexibility index (Phi) is 5.62. The number of likely N-dealkylation sites (tertiary alicyclic amines) is 1. The molecular weight excluding hydrogens is 266 g/mol. The van der Waals surface area contributed by atoms with Crippen LogP contribution < -0.4 is 4.74 Å². The maximum atomic E-state index is 10.5. The maximum Gasteiger partial charge on any atom is 0.303 e. The molecule has 1 aromatic rings. The highest BCUT2D eigenvalue weighted by Crippen LogP contribution is 2.21. The SMILES string of the molecule is Cc1ccc(OC2CCN(CCCC(=O)O)CC2)cc1C. The molecule has 1 fully saturated rings. The van der Waals surface area contributed by atoms with Crippen molar-refractivity contribution >= 4 is 5.97 Å². The van der Waals surface area contributed by atoms with Crippen molar-refractivity contribution in [3.63, 3.8) is 0 Å². The van der Waals surface area contributed by atoms with Gasteiger partial charge in [-0.25, -0.2) is 0 Å². The molecule has 0 bridgehead atoms. The van der Waals surface area contributed by atoms with Gasteiger partial charge in [0.05, 0.1) is 0 Å². The lowest BCUT2D eigenvalue weighted by molar-refractivity contribution is -0.137. The number of carbonyl (C=O) groups is 1. The van der Waals surface area contributed by atoms with Gasteiger partial charge in [-0.3, -0.25) is 4.79 Å². The minimum atomic E-state index is -0.706. The van der Waals surface area contributed by atoms with Crippen LogP contribution in [0.5, 0.6) is 5.75 Å². The van der Waals surface area contributed by atoms with Crippen molar-refractivity contribution < 1.29 is 14.6 Å². The zero-order chi connectivity index (χ0) is 15.2. The van der Waals surface area contributed by atoms with E-state index in [0.717, 1.165) is 44.6 Å². The molecule has 116 valence electrons. The molecule has 1 aliphatic rings. The summed E-state index contributed by atoms with van der Waals surface area (Å²) in [6.45, 7) is 7.08. The second-order valence-corrected chi connectivity index (χ2v) is 5.90. The monoisotopic (exact) mass is 291 g/mol. The third-order valence-electron chi connectivity index (χ3n) is 4.18. The fraction of sp³-hybridized carbons (Fsp3) is 0.588. The fourth-order valence-electron chi connectivity index (χ4n) is 2.68. The van der Waals surface area contributed by atoms with Crippen molar-refractivity contribution in [1.82, 2.24) is 4.90 Å². The van der Waals surface area contributed by atoms with Gasteiger partial charge in [-0.15, -0.1) is 0 Å². The predicted molar refractivity (Wildman–Crippen MR) is 82.9 cm³/mol. The highest BCUT2D eigenvalue weighted by molar-refractivity contribution is 5.66. The van der Waals surface area contributed by atoms with E-state index in [9.17, 15) is 4.79 Å². The van der Waals surface area contributed by atoms with Crippen molar-refractivity contribution in [2.45, 2.75) is 45.6 Å². The molecule has 0 aromatic heterocycles. The highest BCUT2D eigenvalue weighted by Gasteiger charge is 2.20. The van der Waals surface area contributed by atoms with E-state index in [-0.39, 0.29) is 12.5 Å². The predicted octanol–water partition coefficient (Wildman–Crippen LogP) is 3.01. The molecule has 4 nitrogen and oxygen atoms in total. The molecule has 0 spiro atoms. The summed E-state index contributed by atoms with van der Waals surface area (Å²) in [6, 6.07) is 6.25. The van der Waals surface area contributed by atoms with E-state index in [1.807, 2.05) is 6.07 Å². The van der Waals surface area contributed by atoms with Gasteiger partial charge in [0.1, 0.15) is 11.9 Å². The summed E-state index contributed by atoms with van der Waals surface area (Å²) in [6.07, 6.45) is 3.31. The quantitative estimate of drug-likeness (QED) is 0.875. The summed E-state index contributed by atoms with van der Waals surface area (Å²) in [5.41, 5.74) is 2.55. The largest absolute Gasteiger partial charge is 0.490 e. The van der Waals surface area contributed by atoms with Gasteiger partial charge in [0.15, 0.2) is 0 Å². The summed E-state index contributed by atoms with van der Waals surface area (Å²) in [5, 5.41) is 8.65. The van der Waals surface area contributed by atoms with Gasteiger partial charge in [0, 0.05) is 19.5 Å². The minimum absolute atomic E-state index is 0.263. The van der Waals surface area contributed by atoms with Crippen molar-refractivity contribution in [1.29, 1.82) is 0 Å². The summed E-state index contributed by atoms with van der Waals surface area (Å²) in [7, 11) is 0. The first-order valence-electron chi connectivity index (χ1n) is 7.72. The summed E-state index contributed by atoms with van der Waals surface area (Å²) < 4.78 is 6.06. The van der Waals surface area contributed by atoms with Crippen LogP contribution in [0.4, 0.5) is 0 Å². The second kappa shape index (κ2) is 7.46. The molecule has 2 rings (SSSR count). The van der Waals surface area contributed by atoms with Crippen LogP contribution in [0.1, 0.15) is 36.8 Å². The standard InChI is InChI=1S/C17H25NO3/c1-13-5-6-16(12-14(13)2)21-15-7-10-18(11-8-15)9-3-4-17(19)20/h5-6,12,15H,3-4,7-11H2,1-2H3,(H,19,20). The average Bonchev–Trinajstić information content (AvgIpc) is 2.44. The van der Waals surface area contributed by atoms with Crippen LogP contribution in [0.25, 0.3) is 0 Å². The fourth-order valence-corrected chi connectivity index (χ4v) is 2.68. The molecule has 1 aromatic carbocycles. The number of hydrogen-bond acceptors (Lipinski definition) is 3. The number of benzene rings is 1. The van der Waals surface area contributed by atoms with Crippen LogP contribution in [0.2, 0.25) is 0 Å². The number of carboxylic acids is 1. The molecule has 21 heavy (non-hydrogen) atoms. The Morgan fingerprint density at radius 1 is 1.29 bits per heavy atom. The van der Waals surface area contributed by atoms with E-state index < -0.39 is 5.97 Å². The topological polar surface area (TPSA) is 49.8 Å². The lowest BCUT2D eigenvalue weighted by Gasteiger charge is -2.32. The number of aryl methyl sites for hydroxylation is 2. The summed E-state index contributed by atoms with van der Waals surface area (Å²) in [4.78, 5) is 12.8. The molecule has 1 saturated heterocycles. The van der Waals surface area contributed by atoms with Crippen LogP contribution in [-0.2, 0) is 4.79 Å². The minimum Gasteiger partial charge on any atom is -0.490 e. The number of nitrogens with zero attached hydrogens (tertiary/aromatic N) is 1. The normalized spacial score (nSPS) is 16.9. The Morgan fingerprint density at radius 2 is 2.00 bits per heavy atom. The van der Waals surface area contributed by atoms with Crippen LogP contribution in [-0.4, -0.2) is 41.7 Å². The van der Waals surface area contributed by atoms with E-state index in [1.54, 1.807) is 0 Å². The third kappa shape index (κ3) is 5.05. The number of rotatable bonds is 6. The molecule has 0 amide bonds. The van der Waals surface area contributed by atoms with Crippen LogP contribution in [0, 0.1) is 13.8 Å². The lowest BCUT2D eigenvalue weighted by atomic mass is 10.1. The van der Waals surface area contributed by atoms with Gasteiger partial charge >= 0.3 is 5.97 Å². The van der Waals surface area contributed by atoms with Gasteiger partial charge in [-0.1, -0.05) is 6.07 Å². The summed E-state index contributed by atoms with van der Waals surface area (Å²) in [5.74, 6) is 0.255. The van der Waals surface area contributed by atoms with E-state index in [2.05, 4.69) is 30.9 Å². The Morgan fingerprint density at radius 3 is 2.62 bits per heavy atom. The zero-order valence-electron chi connectivity index (χ0n) is 13.0. The van der Waals surface area contributed by atoms with Crippen molar-refractivity contribution in [2.75, 3.05) is 19.6 Å². The van der Waals surface area contributed by atoms with Crippen molar-refractivity contribution in [2.24, 2.45) is 0 Å². The van der Waals surface area contributed by atoms with Crippen LogP contribution in [0.15, 0.2) is 18.2 Å². The molecule has 1 N–H and O–H groups in total. The molecule has 1 heterocycles. The molecule has 0 radical (unpaired) electrons. The Labute approximate surface area is 126 Å². The van der Waals surface area contributed by atoms with Gasteiger partial charge in [-0.05, 0) is 62.9 Å². The first kappa shape index (κ1) is 15.8. The molecule has 0 unspecified atom stereocenters. The van der Waals surface area contributed by atoms with E-state index in [4.69, 9.17) is 9.84 Å². The molecule has 0 atom stereocenters.